The van der Waals surface area contributed by atoms with E-state index in [0.29, 0.717) is 10.9 Å². The summed E-state index contributed by atoms with van der Waals surface area (Å²) in [5.41, 5.74) is 0.924. The maximum Gasteiger partial charge on any atom is 0.338 e. The number of rotatable bonds is 4. The lowest BCUT2D eigenvalue weighted by Gasteiger charge is -2.34. The molecular weight excluding hydrogens is 272 g/mol. The predicted molar refractivity (Wildman–Crippen MR) is 80.6 cm³/mol. The van der Waals surface area contributed by atoms with Gasteiger partial charge in [0.15, 0.2) is 0 Å². The summed E-state index contributed by atoms with van der Waals surface area (Å²) < 4.78 is 0. The highest BCUT2D eigenvalue weighted by molar-refractivity contribution is 7.17. The molecule has 1 aliphatic rings. The molecule has 108 valence electrons. The first kappa shape index (κ1) is 14.9. The average Bonchev–Trinajstić information content (AvgIpc) is 2.78. The van der Waals surface area contributed by atoms with Crippen molar-refractivity contribution in [3.63, 3.8) is 0 Å². The van der Waals surface area contributed by atoms with Crippen molar-refractivity contribution >= 4 is 22.3 Å². The minimum atomic E-state index is -0.999. The fourth-order valence-corrected chi connectivity index (χ4v) is 4.30. The van der Waals surface area contributed by atoms with E-state index >= 15 is 0 Å². The predicted octanol–water partition coefficient (Wildman–Crippen LogP) is 3.79. The Kier molecular flexibility index (Phi) is 4.66. The molecule has 0 bridgehead atoms. The molecule has 1 fully saturated rings. The summed E-state index contributed by atoms with van der Waals surface area (Å²) in [5, 5.41) is 19.4. The van der Waals surface area contributed by atoms with E-state index in [1.54, 1.807) is 0 Å². The number of carbonyl (C=O) groups is 1. The number of thiophene rings is 1. The number of aromatic carboxylic acids is 1. The number of hydrogen-bond acceptors (Lipinski definition) is 4. The third-order valence-corrected chi connectivity index (χ3v) is 5.29. The SMILES string of the molecule is CCN(c1sc(C#N)c(C(=O)O)c1C)C1CCCCC1. The first-order chi connectivity index (χ1) is 9.60. The van der Waals surface area contributed by atoms with E-state index in [4.69, 9.17) is 5.26 Å². The Hall–Kier alpha value is -1.54. The largest absolute Gasteiger partial charge is 0.478 e. The summed E-state index contributed by atoms with van der Waals surface area (Å²) in [6.45, 7) is 4.78. The molecule has 0 aromatic carbocycles. The van der Waals surface area contributed by atoms with Gasteiger partial charge in [0.05, 0.1) is 10.6 Å². The van der Waals surface area contributed by atoms with E-state index in [0.717, 1.165) is 30.0 Å². The number of nitriles is 1. The van der Waals surface area contributed by atoms with Gasteiger partial charge in [-0.15, -0.1) is 11.3 Å². The smallest absolute Gasteiger partial charge is 0.338 e. The summed E-state index contributed by atoms with van der Waals surface area (Å²) in [6.07, 6.45) is 6.09. The van der Waals surface area contributed by atoms with Crippen LogP contribution in [0.5, 0.6) is 0 Å². The van der Waals surface area contributed by atoms with Crippen LogP contribution in [0.1, 0.15) is 59.8 Å². The molecule has 1 aliphatic carbocycles. The molecule has 0 aliphatic heterocycles. The van der Waals surface area contributed by atoms with Gasteiger partial charge < -0.3 is 10.0 Å². The minimum Gasteiger partial charge on any atom is -0.478 e. The zero-order valence-corrected chi connectivity index (χ0v) is 12.8. The fraction of sp³-hybridized carbons (Fsp3) is 0.600. The zero-order chi connectivity index (χ0) is 14.7. The van der Waals surface area contributed by atoms with Gasteiger partial charge in [-0.3, -0.25) is 0 Å². The molecule has 0 amide bonds. The fourth-order valence-electron chi connectivity index (χ4n) is 3.07. The molecule has 2 rings (SSSR count). The van der Waals surface area contributed by atoms with Crippen LogP contribution in [0.2, 0.25) is 0 Å². The lowest BCUT2D eigenvalue weighted by atomic mass is 9.94. The molecule has 0 spiro atoms. The lowest BCUT2D eigenvalue weighted by Crippen LogP contribution is -2.36. The normalized spacial score (nSPS) is 15.8. The van der Waals surface area contributed by atoms with Gasteiger partial charge in [-0.25, -0.2) is 4.79 Å². The molecule has 0 saturated heterocycles. The van der Waals surface area contributed by atoms with Crippen molar-refractivity contribution in [3.8, 4) is 6.07 Å². The van der Waals surface area contributed by atoms with Crippen LogP contribution in [0.4, 0.5) is 5.00 Å². The van der Waals surface area contributed by atoms with Crippen molar-refractivity contribution in [1.29, 1.82) is 5.26 Å². The highest BCUT2D eigenvalue weighted by atomic mass is 32.1. The van der Waals surface area contributed by atoms with Gasteiger partial charge in [-0.05, 0) is 32.3 Å². The number of nitrogens with zero attached hydrogens (tertiary/aromatic N) is 2. The summed E-state index contributed by atoms with van der Waals surface area (Å²) in [6, 6.07) is 2.52. The van der Waals surface area contributed by atoms with Gasteiger partial charge in [-0.2, -0.15) is 5.26 Å². The Morgan fingerprint density at radius 3 is 2.55 bits per heavy atom. The quantitative estimate of drug-likeness (QED) is 0.917. The molecular formula is C15H20N2O2S. The van der Waals surface area contributed by atoms with Gasteiger partial charge in [0.2, 0.25) is 0 Å². The van der Waals surface area contributed by atoms with Gasteiger partial charge in [0, 0.05) is 12.6 Å². The van der Waals surface area contributed by atoms with Crippen molar-refractivity contribution in [2.75, 3.05) is 11.4 Å². The third kappa shape index (κ3) is 2.66. The van der Waals surface area contributed by atoms with Crippen LogP contribution in [-0.4, -0.2) is 23.7 Å². The van der Waals surface area contributed by atoms with Crippen molar-refractivity contribution in [1.82, 2.24) is 0 Å². The lowest BCUT2D eigenvalue weighted by molar-refractivity contribution is 0.0696. The maximum absolute atomic E-state index is 11.3. The Labute approximate surface area is 123 Å². The molecule has 0 radical (unpaired) electrons. The van der Waals surface area contributed by atoms with E-state index in [1.807, 2.05) is 13.0 Å². The molecule has 5 heteroatoms. The monoisotopic (exact) mass is 292 g/mol. The Morgan fingerprint density at radius 1 is 1.45 bits per heavy atom. The molecule has 1 aromatic rings. The molecule has 1 saturated carbocycles. The van der Waals surface area contributed by atoms with Crippen LogP contribution in [0.15, 0.2) is 0 Å². The van der Waals surface area contributed by atoms with E-state index in [-0.39, 0.29) is 5.56 Å². The van der Waals surface area contributed by atoms with Crippen LogP contribution >= 0.6 is 11.3 Å². The summed E-state index contributed by atoms with van der Waals surface area (Å²) in [5.74, 6) is -0.999. The number of hydrogen-bond donors (Lipinski definition) is 1. The van der Waals surface area contributed by atoms with E-state index in [1.165, 1.54) is 30.6 Å². The molecule has 20 heavy (non-hydrogen) atoms. The first-order valence-electron chi connectivity index (χ1n) is 7.13. The Bertz CT molecular complexity index is 539. The minimum absolute atomic E-state index is 0.182. The second kappa shape index (κ2) is 6.27. The zero-order valence-electron chi connectivity index (χ0n) is 12.0. The summed E-state index contributed by atoms with van der Waals surface area (Å²) >= 11 is 1.32. The molecule has 1 N–H and O–H groups in total. The van der Waals surface area contributed by atoms with Gasteiger partial charge in [0.1, 0.15) is 10.9 Å². The van der Waals surface area contributed by atoms with E-state index in [2.05, 4.69) is 11.8 Å². The van der Waals surface area contributed by atoms with E-state index < -0.39 is 5.97 Å². The van der Waals surface area contributed by atoms with Gasteiger partial charge in [0.25, 0.3) is 0 Å². The number of anilines is 1. The molecule has 1 aromatic heterocycles. The average molecular weight is 292 g/mol. The van der Waals surface area contributed by atoms with Crippen LogP contribution < -0.4 is 4.90 Å². The Morgan fingerprint density at radius 2 is 2.10 bits per heavy atom. The molecule has 1 heterocycles. The topological polar surface area (TPSA) is 64.3 Å². The first-order valence-corrected chi connectivity index (χ1v) is 7.95. The van der Waals surface area contributed by atoms with Crippen LogP contribution in [-0.2, 0) is 0 Å². The molecule has 0 atom stereocenters. The summed E-state index contributed by atoms with van der Waals surface area (Å²) in [7, 11) is 0. The van der Waals surface area contributed by atoms with Crippen molar-refractivity contribution in [2.45, 2.75) is 52.0 Å². The second-order valence-corrected chi connectivity index (χ2v) is 6.23. The van der Waals surface area contributed by atoms with Crippen molar-refractivity contribution < 1.29 is 9.90 Å². The highest BCUT2D eigenvalue weighted by Crippen LogP contribution is 2.38. The van der Waals surface area contributed by atoms with E-state index in [9.17, 15) is 9.90 Å². The molecule has 4 nitrogen and oxygen atoms in total. The number of carboxylic acids is 1. The van der Waals surface area contributed by atoms with Crippen LogP contribution in [0, 0.1) is 18.3 Å². The molecule has 0 unspecified atom stereocenters. The number of carboxylic acid groups (broad SMARTS) is 1. The Balaban J connectivity index is 2.39. The summed E-state index contributed by atoms with van der Waals surface area (Å²) in [4.78, 5) is 14.0. The van der Waals surface area contributed by atoms with Gasteiger partial charge >= 0.3 is 5.97 Å². The standard InChI is InChI=1S/C15H20N2O2S/c1-3-17(11-7-5-4-6-8-11)14-10(2)13(15(18)19)12(9-16)20-14/h11H,3-8H2,1-2H3,(H,18,19). The van der Waals surface area contributed by atoms with Crippen LogP contribution in [0.3, 0.4) is 0 Å². The maximum atomic E-state index is 11.3. The van der Waals surface area contributed by atoms with Crippen LogP contribution in [0.25, 0.3) is 0 Å². The third-order valence-electron chi connectivity index (χ3n) is 4.05. The highest BCUT2D eigenvalue weighted by Gasteiger charge is 2.27. The van der Waals surface area contributed by atoms with Gasteiger partial charge in [-0.1, -0.05) is 19.3 Å². The second-order valence-electron chi connectivity index (χ2n) is 5.23. The van der Waals surface area contributed by atoms with Crippen molar-refractivity contribution in [3.05, 3.63) is 16.0 Å². The van der Waals surface area contributed by atoms with Crippen molar-refractivity contribution in [2.24, 2.45) is 0 Å².